The van der Waals surface area contributed by atoms with Gasteiger partial charge in [0, 0.05) is 30.7 Å². The van der Waals surface area contributed by atoms with E-state index in [4.69, 9.17) is 0 Å². The van der Waals surface area contributed by atoms with Crippen LogP contribution in [0.2, 0.25) is 0 Å². The van der Waals surface area contributed by atoms with Crippen LogP contribution in [0.3, 0.4) is 0 Å². The molecule has 2 aliphatic rings. The summed E-state index contributed by atoms with van der Waals surface area (Å²) in [5, 5.41) is 3.55. The summed E-state index contributed by atoms with van der Waals surface area (Å²) in [6, 6.07) is 6.81. The van der Waals surface area contributed by atoms with Crippen molar-refractivity contribution in [3.63, 3.8) is 0 Å². The second kappa shape index (κ2) is 4.02. The Balaban J connectivity index is 1.72. The van der Waals surface area contributed by atoms with Crippen molar-refractivity contribution in [2.45, 2.75) is 26.7 Å². The lowest BCUT2D eigenvalue weighted by Gasteiger charge is -2.54. The van der Waals surface area contributed by atoms with Crippen LogP contribution in [0.25, 0.3) is 0 Å². The van der Waals surface area contributed by atoms with Gasteiger partial charge in [-0.1, -0.05) is 17.7 Å². The van der Waals surface area contributed by atoms with E-state index < -0.39 is 0 Å². The normalized spacial score (nSPS) is 22.6. The molecule has 2 saturated heterocycles. The minimum Gasteiger partial charge on any atom is -0.370 e. The highest BCUT2D eigenvalue weighted by Gasteiger charge is 2.43. The number of hydrogen-bond acceptors (Lipinski definition) is 2. The van der Waals surface area contributed by atoms with Crippen molar-refractivity contribution in [1.82, 2.24) is 5.32 Å². The van der Waals surface area contributed by atoms with Gasteiger partial charge in [0.2, 0.25) is 0 Å². The first kappa shape index (κ1) is 11.1. The van der Waals surface area contributed by atoms with Crippen molar-refractivity contribution in [2.24, 2.45) is 5.41 Å². The van der Waals surface area contributed by atoms with Crippen molar-refractivity contribution in [3.8, 4) is 0 Å². The van der Waals surface area contributed by atoms with E-state index in [1.807, 2.05) is 0 Å². The monoisotopic (exact) mass is 230 g/mol. The van der Waals surface area contributed by atoms with E-state index >= 15 is 0 Å². The zero-order chi connectivity index (χ0) is 11.9. The summed E-state index contributed by atoms with van der Waals surface area (Å²) in [5.41, 5.74) is 4.80. The predicted octanol–water partition coefficient (Wildman–Crippen LogP) is 2.49. The maximum absolute atomic E-state index is 3.55. The molecule has 0 atom stereocenters. The molecule has 1 spiro atoms. The zero-order valence-corrected chi connectivity index (χ0v) is 10.9. The first-order valence-corrected chi connectivity index (χ1v) is 6.72. The van der Waals surface area contributed by atoms with Crippen LogP contribution < -0.4 is 10.2 Å². The molecule has 2 fully saturated rings. The highest BCUT2D eigenvalue weighted by Crippen LogP contribution is 2.40. The van der Waals surface area contributed by atoms with Crippen LogP contribution in [0.1, 0.15) is 24.0 Å². The van der Waals surface area contributed by atoms with Crippen molar-refractivity contribution in [2.75, 3.05) is 31.1 Å². The van der Waals surface area contributed by atoms with Gasteiger partial charge in [0.25, 0.3) is 0 Å². The maximum Gasteiger partial charge on any atom is 0.0396 e. The van der Waals surface area contributed by atoms with E-state index in [0.29, 0.717) is 5.41 Å². The molecule has 0 amide bonds. The van der Waals surface area contributed by atoms with Crippen LogP contribution in [0.15, 0.2) is 18.2 Å². The molecule has 0 saturated carbocycles. The summed E-state index contributed by atoms with van der Waals surface area (Å²) in [5.74, 6) is 0. The Kier molecular flexibility index (Phi) is 2.62. The quantitative estimate of drug-likeness (QED) is 0.797. The third kappa shape index (κ3) is 1.95. The van der Waals surface area contributed by atoms with Crippen molar-refractivity contribution in [3.05, 3.63) is 29.3 Å². The van der Waals surface area contributed by atoms with E-state index in [2.05, 4.69) is 42.3 Å². The fourth-order valence-corrected chi connectivity index (χ4v) is 3.39. The largest absolute Gasteiger partial charge is 0.370 e. The second-order valence-electron chi connectivity index (χ2n) is 5.93. The van der Waals surface area contributed by atoms with Crippen LogP contribution in [-0.2, 0) is 0 Å². The van der Waals surface area contributed by atoms with E-state index in [0.717, 1.165) is 0 Å². The number of hydrogen-bond donors (Lipinski definition) is 1. The van der Waals surface area contributed by atoms with Gasteiger partial charge in [-0.2, -0.15) is 0 Å². The summed E-state index contributed by atoms with van der Waals surface area (Å²) < 4.78 is 0. The highest BCUT2D eigenvalue weighted by molar-refractivity contribution is 5.57. The van der Waals surface area contributed by atoms with Gasteiger partial charge < -0.3 is 10.2 Å². The Bertz CT molecular complexity index is 411. The molecular formula is C15H22N2. The lowest BCUT2D eigenvalue weighted by Crippen LogP contribution is -2.62. The Labute approximate surface area is 104 Å². The van der Waals surface area contributed by atoms with Gasteiger partial charge in [-0.15, -0.1) is 0 Å². The zero-order valence-electron chi connectivity index (χ0n) is 10.9. The van der Waals surface area contributed by atoms with Crippen LogP contribution >= 0.6 is 0 Å². The molecule has 0 bridgehead atoms. The molecule has 92 valence electrons. The average molecular weight is 230 g/mol. The van der Waals surface area contributed by atoms with Crippen LogP contribution in [-0.4, -0.2) is 26.2 Å². The number of aryl methyl sites for hydroxylation is 2. The van der Waals surface area contributed by atoms with Crippen molar-refractivity contribution < 1.29 is 0 Å². The Morgan fingerprint density at radius 3 is 2.71 bits per heavy atom. The van der Waals surface area contributed by atoms with E-state index in [1.54, 1.807) is 0 Å². The Morgan fingerprint density at radius 1 is 1.24 bits per heavy atom. The summed E-state index contributed by atoms with van der Waals surface area (Å²) >= 11 is 0. The molecule has 0 aromatic heterocycles. The Hall–Kier alpha value is -1.02. The molecule has 0 aliphatic carbocycles. The van der Waals surface area contributed by atoms with Gasteiger partial charge in [0.1, 0.15) is 0 Å². The van der Waals surface area contributed by atoms with E-state index in [-0.39, 0.29) is 0 Å². The molecule has 2 aliphatic heterocycles. The summed E-state index contributed by atoms with van der Waals surface area (Å²) in [6.07, 6.45) is 2.75. The SMILES string of the molecule is Cc1ccc(N2CC3(CCCNC3)C2)c(C)c1. The van der Waals surface area contributed by atoms with Crippen molar-refractivity contribution in [1.29, 1.82) is 0 Å². The second-order valence-corrected chi connectivity index (χ2v) is 5.93. The van der Waals surface area contributed by atoms with Gasteiger partial charge in [0.15, 0.2) is 0 Å². The lowest BCUT2D eigenvalue weighted by molar-refractivity contribution is 0.156. The molecule has 3 rings (SSSR count). The lowest BCUT2D eigenvalue weighted by atomic mass is 9.73. The number of piperidine rings is 1. The molecule has 2 heterocycles. The van der Waals surface area contributed by atoms with E-state index in [1.165, 1.54) is 55.8 Å². The smallest absolute Gasteiger partial charge is 0.0396 e. The fraction of sp³-hybridized carbons (Fsp3) is 0.600. The number of nitrogens with zero attached hydrogens (tertiary/aromatic N) is 1. The van der Waals surface area contributed by atoms with Crippen LogP contribution in [0, 0.1) is 19.3 Å². The maximum atomic E-state index is 3.55. The van der Waals surface area contributed by atoms with Crippen LogP contribution in [0.4, 0.5) is 5.69 Å². The number of rotatable bonds is 1. The molecule has 0 radical (unpaired) electrons. The Morgan fingerprint density at radius 2 is 2.06 bits per heavy atom. The van der Waals surface area contributed by atoms with Gasteiger partial charge >= 0.3 is 0 Å². The van der Waals surface area contributed by atoms with Gasteiger partial charge in [-0.25, -0.2) is 0 Å². The number of anilines is 1. The predicted molar refractivity (Wildman–Crippen MR) is 72.7 cm³/mol. The molecule has 17 heavy (non-hydrogen) atoms. The molecular weight excluding hydrogens is 208 g/mol. The van der Waals surface area contributed by atoms with Gasteiger partial charge in [0.05, 0.1) is 0 Å². The fourth-order valence-electron chi connectivity index (χ4n) is 3.39. The first-order valence-electron chi connectivity index (χ1n) is 6.72. The van der Waals surface area contributed by atoms with Gasteiger partial charge in [-0.05, 0) is 44.9 Å². The molecule has 1 aromatic carbocycles. The molecule has 1 N–H and O–H groups in total. The summed E-state index contributed by atoms with van der Waals surface area (Å²) in [6.45, 7) is 9.30. The highest BCUT2D eigenvalue weighted by atomic mass is 15.2. The summed E-state index contributed by atoms with van der Waals surface area (Å²) in [4.78, 5) is 2.54. The molecule has 0 unspecified atom stereocenters. The molecule has 2 heteroatoms. The first-order chi connectivity index (χ1) is 8.19. The summed E-state index contributed by atoms with van der Waals surface area (Å²) in [7, 11) is 0. The molecule has 2 nitrogen and oxygen atoms in total. The third-order valence-electron chi connectivity index (χ3n) is 4.31. The van der Waals surface area contributed by atoms with E-state index in [9.17, 15) is 0 Å². The minimum atomic E-state index is 0.579. The third-order valence-corrected chi connectivity index (χ3v) is 4.31. The average Bonchev–Trinajstić information content (AvgIpc) is 2.27. The minimum absolute atomic E-state index is 0.579. The molecule has 1 aromatic rings. The van der Waals surface area contributed by atoms with Crippen LogP contribution in [0.5, 0.6) is 0 Å². The number of nitrogens with one attached hydrogen (secondary N) is 1. The standard InChI is InChI=1S/C15H22N2/c1-12-4-5-14(13(2)8-12)17-10-15(11-17)6-3-7-16-9-15/h4-5,8,16H,3,6-7,9-11H2,1-2H3. The number of benzene rings is 1. The van der Waals surface area contributed by atoms with Crippen molar-refractivity contribution >= 4 is 5.69 Å². The van der Waals surface area contributed by atoms with Gasteiger partial charge in [-0.3, -0.25) is 0 Å². The topological polar surface area (TPSA) is 15.3 Å².